The number of anilines is 1. The van der Waals surface area contributed by atoms with Crippen LogP contribution in [0.2, 0.25) is 0 Å². The number of aryl methyl sites for hydroxylation is 1. The van der Waals surface area contributed by atoms with Gasteiger partial charge in [0.2, 0.25) is 0 Å². The van der Waals surface area contributed by atoms with E-state index in [2.05, 4.69) is 5.32 Å². The van der Waals surface area contributed by atoms with Crippen molar-refractivity contribution >= 4 is 17.5 Å². The van der Waals surface area contributed by atoms with Gasteiger partial charge in [-0.15, -0.1) is 0 Å². The van der Waals surface area contributed by atoms with Gasteiger partial charge in [0.05, 0.1) is 11.1 Å². The summed E-state index contributed by atoms with van der Waals surface area (Å²) in [5, 5.41) is 2.20. The number of hydrogen-bond donors (Lipinski definition) is 2. The average molecular weight is 176 g/mol. The van der Waals surface area contributed by atoms with E-state index in [0.717, 1.165) is 5.56 Å². The standard InChI is InChI=1S/C9H8N2O2/c1-4-2-5-6(3-7(4)10)9(13)11-8(5)12/h2-3H,10H2,1H3,(H,11,12,13). The van der Waals surface area contributed by atoms with Gasteiger partial charge in [-0.25, -0.2) is 0 Å². The van der Waals surface area contributed by atoms with E-state index in [9.17, 15) is 9.59 Å². The number of benzene rings is 1. The summed E-state index contributed by atoms with van der Waals surface area (Å²) in [6, 6.07) is 3.16. The molecule has 0 fully saturated rings. The largest absolute Gasteiger partial charge is 0.398 e. The van der Waals surface area contributed by atoms with E-state index >= 15 is 0 Å². The number of carbonyl (C=O) groups excluding carboxylic acids is 2. The summed E-state index contributed by atoms with van der Waals surface area (Å²) in [6.45, 7) is 1.80. The zero-order valence-electron chi connectivity index (χ0n) is 7.05. The molecule has 1 heterocycles. The number of hydrogen-bond acceptors (Lipinski definition) is 3. The quantitative estimate of drug-likeness (QED) is 0.445. The Hall–Kier alpha value is -1.84. The molecule has 2 rings (SSSR count). The lowest BCUT2D eigenvalue weighted by Gasteiger charge is -2.00. The van der Waals surface area contributed by atoms with Gasteiger partial charge in [-0.05, 0) is 24.6 Å². The van der Waals surface area contributed by atoms with Crippen LogP contribution in [-0.2, 0) is 0 Å². The molecule has 1 aliphatic rings. The lowest BCUT2D eigenvalue weighted by Crippen LogP contribution is -2.19. The number of carbonyl (C=O) groups is 2. The van der Waals surface area contributed by atoms with Crippen molar-refractivity contribution in [1.29, 1.82) is 0 Å². The third kappa shape index (κ3) is 0.989. The number of rotatable bonds is 0. The first-order valence-corrected chi connectivity index (χ1v) is 3.85. The van der Waals surface area contributed by atoms with Gasteiger partial charge in [-0.2, -0.15) is 0 Å². The molecule has 66 valence electrons. The van der Waals surface area contributed by atoms with Crippen molar-refractivity contribution in [2.75, 3.05) is 5.73 Å². The highest BCUT2D eigenvalue weighted by Gasteiger charge is 2.26. The van der Waals surface area contributed by atoms with Gasteiger partial charge < -0.3 is 5.73 Å². The Bertz CT molecular complexity index is 385. The van der Waals surface area contributed by atoms with Crippen LogP contribution < -0.4 is 11.1 Å². The van der Waals surface area contributed by atoms with E-state index < -0.39 is 0 Å². The van der Waals surface area contributed by atoms with E-state index in [1.54, 1.807) is 13.0 Å². The molecule has 2 amide bonds. The predicted molar refractivity (Wildman–Crippen MR) is 47.4 cm³/mol. The van der Waals surface area contributed by atoms with Crippen LogP contribution in [-0.4, -0.2) is 11.8 Å². The number of fused-ring (bicyclic) bond motifs is 1. The number of nitrogens with two attached hydrogens (primary N) is 1. The first-order valence-electron chi connectivity index (χ1n) is 3.85. The normalized spacial score (nSPS) is 14.2. The van der Waals surface area contributed by atoms with Crippen molar-refractivity contribution in [2.24, 2.45) is 0 Å². The van der Waals surface area contributed by atoms with Crippen molar-refractivity contribution in [3.63, 3.8) is 0 Å². The summed E-state index contributed by atoms with van der Waals surface area (Å²) in [4.78, 5) is 22.3. The molecular weight excluding hydrogens is 168 g/mol. The fourth-order valence-electron chi connectivity index (χ4n) is 1.34. The number of imide groups is 1. The smallest absolute Gasteiger partial charge is 0.259 e. The first-order chi connectivity index (χ1) is 6.09. The summed E-state index contributed by atoms with van der Waals surface area (Å²) in [5.74, 6) is -0.713. The molecule has 0 atom stereocenters. The molecular formula is C9H8N2O2. The van der Waals surface area contributed by atoms with Gasteiger partial charge in [0.25, 0.3) is 11.8 Å². The fourth-order valence-corrected chi connectivity index (χ4v) is 1.34. The molecule has 0 aromatic heterocycles. The first kappa shape index (κ1) is 7.79. The van der Waals surface area contributed by atoms with Crippen LogP contribution in [0.4, 0.5) is 5.69 Å². The van der Waals surface area contributed by atoms with Gasteiger partial charge >= 0.3 is 0 Å². The molecule has 1 aliphatic heterocycles. The molecule has 0 radical (unpaired) electrons. The summed E-state index contributed by atoms with van der Waals surface area (Å²) < 4.78 is 0. The van der Waals surface area contributed by atoms with E-state index in [-0.39, 0.29) is 11.8 Å². The Labute approximate surface area is 74.7 Å². The van der Waals surface area contributed by atoms with Crippen LogP contribution in [0.1, 0.15) is 26.3 Å². The average Bonchev–Trinajstić information content (AvgIpc) is 2.31. The highest BCUT2D eigenvalue weighted by Crippen LogP contribution is 2.21. The second-order valence-corrected chi connectivity index (χ2v) is 3.04. The molecule has 4 heteroatoms. The molecule has 4 nitrogen and oxygen atoms in total. The molecule has 1 aromatic carbocycles. The molecule has 0 saturated heterocycles. The van der Waals surface area contributed by atoms with Crippen LogP contribution >= 0.6 is 0 Å². The molecule has 0 saturated carbocycles. The minimum absolute atomic E-state index is 0.344. The second-order valence-electron chi connectivity index (χ2n) is 3.04. The molecule has 13 heavy (non-hydrogen) atoms. The van der Waals surface area contributed by atoms with Gasteiger partial charge in [0.15, 0.2) is 0 Å². The van der Waals surface area contributed by atoms with E-state index in [0.29, 0.717) is 16.8 Å². The number of nitrogens with one attached hydrogen (secondary N) is 1. The van der Waals surface area contributed by atoms with Crippen molar-refractivity contribution in [2.45, 2.75) is 6.92 Å². The Morgan fingerprint density at radius 3 is 2.31 bits per heavy atom. The van der Waals surface area contributed by atoms with E-state index in [4.69, 9.17) is 5.73 Å². The third-order valence-corrected chi connectivity index (χ3v) is 2.12. The van der Waals surface area contributed by atoms with Crippen LogP contribution in [0.15, 0.2) is 12.1 Å². The maximum Gasteiger partial charge on any atom is 0.259 e. The third-order valence-electron chi connectivity index (χ3n) is 2.12. The SMILES string of the molecule is Cc1cc2c(cc1N)C(=O)NC2=O. The van der Waals surface area contributed by atoms with E-state index in [1.807, 2.05) is 0 Å². The van der Waals surface area contributed by atoms with Crippen LogP contribution in [0.3, 0.4) is 0 Å². The molecule has 0 unspecified atom stereocenters. The zero-order chi connectivity index (χ0) is 9.59. The van der Waals surface area contributed by atoms with Gasteiger partial charge in [-0.1, -0.05) is 0 Å². The minimum Gasteiger partial charge on any atom is -0.398 e. The van der Waals surface area contributed by atoms with Crippen molar-refractivity contribution in [1.82, 2.24) is 5.32 Å². The number of nitrogen functional groups attached to an aromatic ring is 1. The maximum atomic E-state index is 11.2. The summed E-state index contributed by atoms with van der Waals surface area (Å²) in [5.41, 5.74) is 7.73. The van der Waals surface area contributed by atoms with Crippen LogP contribution in [0.25, 0.3) is 0 Å². The monoisotopic (exact) mass is 176 g/mol. The molecule has 0 spiro atoms. The second kappa shape index (κ2) is 2.32. The molecule has 0 bridgehead atoms. The highest BCUT2D eigenvalue weighted by atomic mass is 16.2. The van der Waals surface area contributed by atoms with Gasteiger partial charge in [0.1, 0.15) is 0 Å². The lowest BCUT2D eigenvalue weighted by molar-refractivity contribution is 0.0879. The Kier molecular flexibility index (Phi) is 1.39. The molecule has 0 aliphatic carbocycles. The Balaban J connectivity index is 2.72. The topological polar surface area (TPSA) is 72.2 Å². The van der Waals surface area contributed by atoms with E-state index in [1.165, 1.54) is 6.07 Å². The predicted octanol–water partition coefficient (Wildman–Crippen LogP) is 0.461. The van der Waals surface area contributed by atoms with Crippen molar-refractivity contribution in [3.05, 3.63) is 28.8 Å². The summed E-state index contributed by atoms with van der Waals surface area (Å²) in [6.07, 6.45) is 0. The number of amides is 2. The van der Waals surface area contributed by atoms with Gasteiger partial charge in [0, 0.05) is 5.69 Å². The Morgan fingerprint density at radius 2 is 1.69 bits per heavy atom. The van der Waals surface area contributed by atoms with Crippen LogP contribution in [0.5, 0.6) is 0 Å². The molecule has 3 N–H and O–H groups in total. The lowest BCUT2D eigenvalue weighted by atomic mass is 10.0. The Morgan fingerprint density at radius 1 is 1.15 bits per heavy atom. The minimum atomic E-state index is -0.369. The summed E-state index contributed by atoms with van der Waals surface area (Å²) in [7, 11) is 0. The van der Waals surface area contributed by atoms with Crippen molar-refractivity contribution in [3.8, 4) is 0 Å². The molecule has 1 aromatic rings. The van der Waals surface area contributed by atoms with Crippen molar-refractivity contribution < 1.29 is 9.59 Å². The highest BCUT2D eigenvalue weighted by molar-refractivity contribution is 6.21. The zero-order valence-corrected chi connectivity index (χ0v) is 7.05. The fraction of sp³-hybridized carbons (Fsp3) is 0.111. The van der Waals surface area contributed by atoms with Crippen LogP contribution in [0, 0.1) is 6.92 Å². The summed E-state index contributed by atoms with van der Waals surface area (Å²) >= 11 is 0. The van der Waals surface area contributed by atoms with Gasteiger partial charge in [-0.3, -0.25) is 14.9 Å². The maximum absolute atomic E-state index is 11.2.